The second-order valence-electron chi connectivity index (χ2n) is 7.17. The zero-order valence-corrected chi connectivity index (χ0v) is 17.6. The van der Waals surface area contributed by atoms with Gasteiger partial charge in [-0.05, 0) is 43.2 Å². The maximum atomic E-state index is 12.0. The van der Waals surface area contributed by atoms with Crippen LogP contribution in [0.25, 0.3) is 6.08 Å². The van der Waals surface area contributed by atoms with E-state index in [1.54, 1.807) is 6.92 Å². The average Bonchev–Trinajstić information content (AvgIpc) is 2.73. The average molecular weight is 382 g/mol. The normalized spacial score (nSPS) is 12.3. The summed E-state index contributed by atoms with van der Waals surface area (Å²) in [5, 5.41) is 8.89. The van der Waals surface area contributed by atoms with Crippen molar-refractivity contribution >= 4 is 12.0 Å². The van der Waals surface area contributed by atoms with Gasteiger partial charge < -0.3 is 10.0 Å². The van der Waals surface area contributed by atoms with Crippen molar-refractivity contribution in [2.75, 3.05) is 13.2 Å². The first-order valence-electron chi connectivity index (χ1n) is 10.1. The van der Waals surface area contributed by atoms with Gasteiger partial charge in [0.1, 0.15) is 0 Å². The quantitative estimate of drug-likeness (QED) is 0.603. The van der Waals surface area contributed by atoms with Crippen molar-refractivity contribution < 1.29 is 9.90 Å². The predicted octanol–water partition coefficient (Wildman–Crippen LogP) is 5.72. The summed E-state index contributed by atoms with van der Waals surface area (Å²) in [5.74, 6) is 0.624. The molecule has 28 heavy (non-hydrogen) atoms. The minimum absolute atomic E-state index is 0.0707. The smallest absolute Gasteiger partial charge is 0.219 e. The van der Waals surface area contributed by atoms with E-state index < -0.39 is 0 Å². The molecule has 2 aromatic carbocycles. The van der Waals surface area contributed by atoms with E-state index in [9.17, 15) is 4.79 Å². The molecule has 0 bridgehead atoms. The highest BCUT2D eigenvalue weighted by atomic mass is 16.2. The minimum Gasteiger partial charge on any atom is -0.396 e. The summed E-state index contributed by atoms with van der Waals surface area (Å²) in [7, 11) is 0. The lowest BCUT2D eigenvalue weighted by molar-refractivity contribution is -0.131. The van der Waals surface area contributed by atoms with E-state index in [1.165, 1.54) is 0 Å². The molecule has 0 saturated heterocycles. The van der Waals surface area contributed by atoms with E-state index in [4.69, 9.17) is 5.11 Å². The Morgan fingerprint density at radius 1 is 1.04 bits per heavy atom. The highest BCUT2D eigenvalue weighted by Crippen LogP contribution is 2.23. The lowest BCUT2D eigenvalue weighted by Gasteiger charge is -2.30. The molecule has 152 valence electrons. The van der Waals surface area contributed by atoms with Crippen LogP contribution in [0.5, 0.6) is 0 Å². The fourth-order valence-electron chi connectivity index (χ4n) is 3.04. The van der Waals surface area contributed by atoms with Gasteiger partial charge in [0.25, 0.3) is 0 Å². The molecule has 2 aromatic rings. The van der Waals surface area contributed by atoms with E-state index in [0.717, 1.165) is 36.9 Å². The van der Waals surface area contributed by atoms with Crippen LogP contribution in [0.3, 0.4) is 0 Å². The van der Waals surface area contributed by atoms with Crippen LogP contribution in [0.1, 0.15) is 57.2 Å². The molecule has 0 aliphatic rings. The Morgan fingerprint density at radius 2 is 1.57 bits per heavy atom. The van der Waals surface area contributed by atoms with Crippen LogP contribution in [0, 0.1) is 5.92 Å². The standard InChI is InChI=1S/C19H29NO2.C6H6/c1-5-18-8-10-19(11-9-18)16(3)20(17(4)22)13-12-15(2)7-6-14-21;1-2-4-6-5-3-1/h5,8-11,15-16,21H,1,6-7,12-14H2,2-4H3;1-6H. The zero-order chi connectivity index (χ0) is 20.8. The lowest BCUT2D eigenvalue weighted by Crippen LogP contribution is -2.33. The monoisotopic (exact) mass is 381 g/mol. The Kier molecular flexibility index (Phi) is 11.6. The molecular weight excluding hydrogens is 346 g/mol. The molecule has 0 aromatic heterocycles. The van der Waals surface area contributed by atoms with Gasteiger partial charge in [0.05, 0.1) is 6.04 Å². The third kappa shape index (κ3) is 9.01. The first kappa shape index (κ1) is 23.6. The number of carbonyl (C=O) groups is 1. The third-order valence-electron chi connectivity index (χ3n) is 4.91. The number of nitrogens with zero attached hydrogens (tertiary/aromatic N) is 1. The van der Waals surface area contributed by atoms with Crippen LogP contribution >= 0.6 is 0 Å². The molecule has 0 spiro atoms. The molecule has 3 heteroatoms. The number of aliphatic hydroxyl groups excluding tert-OH is 1. The van der Waals surface area contributed by atoms with Gasteiger partial charge in [-0.25, -0.2) is 0 Å². The molecule has 0 fully saturated rings. The van der Waals surface area contributed by atoms with E-state index in [2.05, 4.69) is 32.6 Å². The van der Waals surface area contributed by atoms with Gasteiger partial charge in [-0.3, -0.25) is 4.79 Å². The van der Waals surface area contributed by atoms with E-state index in [-0.39, 0.29) is 18.6 Å². The number of benzene rings is 2. The molecule has 0 radical (unpaired) electrons. The number of rotatable bonds is 9. The third-order valence-corrected chi connectivity index (χ3v) is 4.91. The van der Waals surface area contributed by atoms with Gasteiger partial charge in [-0.15, -0.1) is 0 Å². The molecule has 0 saturated carbocycles. The van der Waals surface area contributed by atoms with Crippen LogP contribution < -0.4 is 0 Å². The summed E-state index contributed by atoms with van der Waals surface area (Å²) >= 11 is 0. The first-order valence-corrected chi connectivity index (χ1v) is 10.1. The maximum absolute atomic E-state index is 12.0. The van der Waals surface area contributed by atoms with Gasteiger partial charge in [0, 0.05) is 20.1 Å². The molecule has 1 N–H and O–H groups in total. The Labute approximate surface area is 170 Å². The molecule has 3 nitrogen and oxygen atoms in total. The van der Waals surface area contributed by atoms with Crippen LogP contribution in [0.4, 0.5) is 0 Å². The molecule has 1 amide bonds. The van der Waals surface area contributed by atoms with Crippen molar-refractivity contribution in [3.63, 3.8) is 0 Å². The molecule has 0 aliphatic carbocycles. The molecule has 0 aliphatic heterocycles. The predicted molar refractivity (Wildman–Crippen MR) is 119 cm³/mol. The summed E-state index contributed by atoms with van der Waals surface area (Å²) in [5.41, 5.74) is 2.23. The fourth-order valence-corrected chi connectivity index (χ4v) is 3.04. The van der Waals surface area contributed by atoms with Crippen molar-refractivity contribution in [3.8, 4) is 0 Å². The van der Waals surface area contributed by atoms with Crippen LogP contribution in [-0.4, -0.2) is 29.1 Å². The fraction of sp³-hybridized carbons (Fsp3) is 0.400. The Morgan fingerprint density at radius 3 is 2.00 bits per heavy atom. The van der Waals surface area contributed by atoms with Gasteiger partial charge >= 0.3 is 0 Å². The second-order valence-corrected chi connectivity index (χ2v) is 7.17. The summed E-state index contributed by atoms with van der Waals surface area (Å²) in [4.78, 5) is 13.9. The Hall–Kier alpha value is -2.39. The van der Waals surface area contributed by atoms with E-state index in [0.29, 0.717) is 5.92 Å². The van der Waals surface area contributed by atoms with Crippen molar-refractivity contribution in [1.29, 1.82) is 0 Å². The number of hydrogen-bond acceptors (Lipinski definition) is 2. The Balaban J connectivity index is 0.000000552. The first-order chi connectivity index (χ1) is 13.5. The van der Waals surface area contributed by atoms with Crippen molar-refractivity contribution in [1.82, 2.24) is 4.90 Å². The summed E-state index contributed by atoms with van der Waals surface area (Å²) in [6, 6.07) is 20.3. The van der Waals surface area contributed by atoms with Crippen LogP contribution in [0.15, 0.2) is 67.2 Å². The van der Waals surface area contributed by atoms with Crippen molar-refractivity contribution in [2.24, 2.45) is 5.92 Å². The van der Waals surface area contributed by atoms with Crippen molar-refractivity contribution in [2.45, 2.75) is 46.1 Å². The Bertz CT molecular complexity index is 640. The highest BCUT2D eigenvalue weighted by Gasteiger charge is 2.19. The number of hydrogen-bond donors (Lipinski definition) is 1. The number of amides is 1. The number of aliphatic hydroxyl groups is 1. The minimum atomic E-state index is 0.0707. The van der Waals surface area contributed by atoms with Gasteiger partial charge in [0.15, 0.2) is 0 Å². The summed E-state index contributed by atoms with van der Waals surface area (Å²) < 4.78 is 0. The topological polar surface area (TPSA) is 40.5 Å². The SMILES string of the molecule is C=Cc1ccc(C(C)N(CCC(C)CCCO)C(C)=O)cc1.c1ccccc1. The largest absolute Gasteiger partial charge is 0.396 e. The molecule has 2 atom stereocenters. The van der Waals surface area contributed by atoms with E-state index in [1.807, 2.05) is 59.5 Å². The lowest BCUT2D eigenvalue weighted by atomic mass is 10.00. The van der Waals surface area contributed by atoms with Gasteiger partial charge in [-0.1, -0.05) is 80.2 Å². The zero-order valence-electron chi connectivity index (χ0n) is 17.6. The second kappa shape index (κ2) is 13.7. The van der Waals surface area contributed by atoms with Gasteiger partial charge in [0.2, 0.25) is 5.91 Å². The highest BCUT2D eigenvalue weighted by molar-refractivity contribution is 5.73. The molecule has 0 heterocycles. The summed E-state index contributed by atoms with van der Waals surface area (Å²) in [6.07, 6.45) is 4.62. The molecular formula is C25H35NO2. The summed E-state index contributed by atoms with van der Waals surface area (Å²) in [6.45, 7) is 10.6. The maximum Gasteiger partial charge on any atom is 0.219 e. The van der Waals surface area contributed by atoms with Crippen LogP contribution in [-0.2, 0) is 4.79 Å². The number of carbonyl (C=O) groups excluding carboxylic acids is 1. The van der Waals surface area contributed by atoms with E-state index >= 15 is 0 Å². The van der Waals surface area contributed by atoms with Crippen LogP contribution in [0.2, 0.25) is 0 Å². The molecule has 2 rings (SSSR count). The van der Waals surface area contributed by atoms with Crippen molar-refractivity contribution in [3.05, 3.63) is 78.4 Å². The van der Waals surface area contributed by atoms with Gasteiger partial charge in [-0.2, -0.15) is 0 Å². The molecule has 2 unspecified atom stereocenters.